The molecule has 1 aromatic rings. The molecule has 5 rings (SSSR count). The summed E-state index contributed by atoms with van der Waals surface area (Å²) in [5.74, 6) is -0.598. The van der Waals surface area contributed by atoms with Gasteiger partial charge in [0.1, 0.15) is 11.2 Å². The molecule has 5 atom stereocenters. The molecule has 0 spiro atoms. The third-order valence-electron chi connectivity index (χ3n) is 5.67. The van der Waals surface area contributed by atoms with E-state index in [9.17, 15) is 14.4 Å². The fraction of sp³-hybridized carbons (Fsp3) is 0.611. The Hall–Kier alpha value is -2.29. The first kappa shape index (κ1) is 18.1. The summed E-state index contributed by atoms with van der Waals surface area (Å²) in [6, 6.07) is -0.502. The van der Waals surface area contributed by atoms with Crippen LogP contribution < -0.4 is 10.6 Å². The van der Waals surface area contributed by atoms with E-state index in [-0.39, 0.29) is 35.5 Å². The van der Waals surface area contributed by atoms with Crippen molar-refractivity contribution in [2.75, 3.05) is 5.32 Å². The molecule has 2 bridgehead atoms. The number of rotatable bonds is 5. The molecule has 4 aliphatic rings. The minimum absolute atomic E-state index is 0.140. The predicted molar refractivity (Wildman–Crippen MR) is 99.7 cm³/mol. The molecule has 27 heavy (non-hydrogen) atoms. The number of urea groups is 1. The molecule has 2 fully saturated rings. The van der Waals surface area contributed by atoms with Crippen molar-refractivity contribution >= 4 is 34.3 Å². The molecule has 5 unspecified atom stereocenters. The van der Waals surface area contributed by atoms with Crippen LogP contribution in [0.3, 0.4) is 0 Å². The normalized spacial score (nSPS) is 29.8. The minimum Gasteiger partial charge on any atom is -0.317 e. The quantitative estimate of drug-likeness (QED) is 0.593. The average Bonchev–Trinajstić information content (AvgIpc) is 3.19. The number of hydrogen-bond acceptors (Lipinski definition) is 6. The molecule has 8 nitrogen and oxygen atoms in total. The highest BCUT2D eigenvalue weighted by atomic mass is 32.1. The second kappa shape index (κ2) is 7.03. The second-order valence-electron chi connectivity index (χ2n) is 7.41. The highest BCUT2D eigenvalue weighted by Crippen LogP contribution is 2.49. The summed E-state index contributed by atoms with van der Waals surface area (Å²) in [6.07, 6.45) is 7.13. The lowest BCUT2D eigenvalue weighted by atomic mass is 9.63. The highest BCUT2D eigenvalue weighted by molar-refractivity contribution is 7.15. The van der Waals surface area contributed by atoms with Gasteiger partial charge in [0.25, 0.3) is 0 Å². The van der Waals surface area contributed by atoms with Crippen molar-refractivity contribution in [2.45, 2.75) is 45.7 Å². The number of anilines is 1. The third-order valence-corrected chi connectivity index (χ3v) is 6.57. The zero-order valence-corrected chi connectivity index (χ0v) is 16.2. The van der Waals surface area contributed by atoms with Crippen molar-refractivity contribution < 1.29 is 14.4 Å². The van der Waals surface area contributed by atoms with Crippen LogP contribution in [-0.2, 0) is 16.0 Å². The van der Waals surface area contributed by atoms with E-state index in [0.717, 1.165) is 30.7 Å². The van der Waals surface area contributed by atoms with E-state index in [0.29, 0.717) is 5.13 Å². The van der Waals surface area contributed by atoms with Gasteiger partial charge in [-0.05, 0) is 38.0 Å². The van der Waals surface area contributed by atoms with Crippen LogP contribution in [0.2, 0.25) is 0 Å². The van der Waals surface area contributed by atoms with Gasteiger partial charge in [-0.2, -0.15) is 0 Å². The highest BCUT2D eigenvalue weighted by Gasteiger charge is 2.57. The summed E-state index contributed by atoms with van der Waals surface area (Å²) in [7, 11) is 0. The molecule has 1 saturated heterocycles. The zero-order valence-electron chi connectivity index (χ0n) is 15.3. The number of aryl methyl sites for hydroxylation is 1. The summed E-state index contributed by atoms with van der Waals surface area (Å²) in [6.45, 7) is 3.71. The maximum atomic E-state index is 12.9. The molecule has 1 aliphatic heterocycles. The maximum Gasteiger partial charge on any atom is 0.322 e. The summed E-state index contributed by atoms with van der Waals surface area (Å²) >= 11 is 1.32. The first-order chi connectivity index (χ1) is 13.0. The Labute approximate surface area is 161 Å². The molecule has 0 radical (unpaired) electrons. The molecule has 9 heteroatoms. The first-order valence-electron chi connectivity index (χ1n) is 9.44. The Balaban J connectivity index is 1.40. The van der Waals surface area contributed by atoms with Gasteiger partial charge in [0.2, 0.25) is 16.9 Å². The lowest BCUT2D eigenvalue weighted by Crippen LogP contribution is -2.50. The van der Waals surface area contributed by atoms with E-state index >= 15 is 0 Å². The Kier molecular flexibility index (Phi) is 4.71. The van der Waals surface area contributed by atoms with Crippen LogP contribution in [0.25, 0.3) is 0 Å². The fourth-order valence-corrected chi connectivity index (χ4v) is 5.32. The molecule has 4 amide bonds. The molecule has 2 heterocycles. The Bertz CT molecular complexity index is 775. The van der Waals surface area contributed by atoms with E-state index in [4.69, 9.17) is 0 Å². The van der Waals surface area contributed by atoms with Gasteiger partial charge in [0.15, 0.2) is 0 Å². The van der Waals surface area contributed by atoms with Gasteiger partial charge in [-0.15, -0.1) is 10.2 Å². The van der Waals surface area contributed by atoms with Crippen LogP contribution in [0.4, 0.5) is 9.93 Å². The standard InChI is InChI=1S/C18H23N5O3S/c1-3-4-12-21-22-18(27-12)20-17(26)19-9(2)23-15(24)13-10-5-6-11(8-7-10)14(13)16(23)25/h5-6,9-11,13-14H,3-4,7-8H2,1-2H3,(H2,19,20,22,26). The van der Waals surface area contributed by atoms with Crippen molar-refractivity contribution in [2.24, 2.45) is 23.7 Å². The number of imide groups is 1. The Morgan fingerprint density at radius 2 is 1.85 bits per heavy atom. The van der Waals surface area contributed by atoms with E-state index in [1.807, 2.05) is 6.92 Å². The number of nitrogens with zero attached hydrogens (tertiary/aromatic N) is 3. The van der Waals surface area contributed by atoms with Crippen LogP contribution in [0.5, 0.6) is 0 Å². The number of hydrogen-bond donors (Lipinski definition) is 2. The average molecular weight is 389 g/mol. The van der Waals surface area contributed by atoms with Gasteiger partial charge in [-0.3, -0.25) is 19.8 Å². The van der Waals surface area contributed by atoms with Crippen LogP contribution in [0.15, 0.2) is 12.2 Å². The lowest BCUT2D eigenvalue weighted by Gasteiger charge is -2.38. The smallest absolute Gasteiger partial charge is 0.317 e. The maximum absolute atomic E-state index is 12.9. The number of nitrogens with one attached hydrogen (secondary N) is 2. The second-order valence-corrected chi connectivity index (χ2v) is 8.48. The van der Waals surface area contributed by atoms with Crippen molar-refractivity contribution in [1.82, 2.24) is 20.4 Å². The number of aromatic nitrogens is 2. The van der Waals surface area contributed by atoms with Crippen LogP contribution >= 0.6 is 11.3 Å². The largest absolute Gasteiger partial charge is 0.322 e. The summed E-state index contributed by atoms with van der Waals surface area (Å²) in [4.78, 5) is 39.3. The minimum atomic E-state index is -0.710. The third kappa shape index (κ3) is 3.13. The van der Waals surface area contributed by atoms with E-state index < -0.39 is 12.2 Å². The number of carbonyl (C=O) groups excluding carboxylic acids is 3. The summed E-state index contributed by atoms with van der Waals surface area (Å²) in [5, 5.41) is 14.5. The van der Waals surface area contributed by atoms with Crippen LogP contribution in [-0.4, -0.2) is 39.1 Å². The van der Waals surface area contributed by atoms with Gasteiger partial charge in [0.05, 0.1) is 11.8 Å². The van der Waals surface area contributed by atoms with Crippen LogP contribution in [0.1, 0.15) is 38.1 Å². The Morgan fingerprint density at radius 3 is 2.41 bits per heavy atom. The fourth-order valence-electron chi connectivity index (χ4n) is 4.49. The molecule has 0 aromatic carbocycles. The van der Waals surface area contributed by atoms with Crippen molar-refractivity contribution in [1.29, 1.82) is 0 Å². The van der Waals surface area contributed by atoms with Crippen molar-refractivity contribution in [3.05, 3.63) is 17.2 Å². The van der Waals surface area contributed by atoms with E-state index in [2.05, 4.69) is 33.0 Å². The number of amides is 4. The molecule has 1 aromatic heterocycles. The molecule has 3 aliphatic carbocycles. The predicted octanol–water partition coefficient (Wildman–Crippen LogP) is 2.16. The number of allylic oxidation sites excluding steroid dienone is 2. The molecule has 1 saturated carbocycles. The Morgan fingerprint density at radius 1 is 1.22 bits per heavy atom. The van der Waals surface area contributed by atoms with Crippen molar-refractivity contribution in [3.8, 4) is 0 Å². The van der Waals surface area contributed by atoms with Gasteiger partial charge in [-0.25, -0.2) is 4.79 Å². The number of carbonyl (C=O) groups is 3. The van der Waals surface area contributed by atoms with E-state index in [1.54, 1.807) is 6.92 Å². The van der Waals surface area contributed by atoms with Gasteiger partial charge in [0, 0.05) is 6.42 Å². The molecular formula is C18H23N5O3S. The topological polar surface area (TPSA) is 104 Å². The molecule has 2 N–H and O–H groups in total. The van der Waals surface area contributed by atoms with Gasteiger partial charge >= 0.3 is 6.03 Å². The first-order valence-corrected chi connectivity index (χ1v) is 10.3. The summed E-state index contributed by atoms with van der Waals surface area (Å²) < 4.78 is 0. The monoisotopic (exact) mass is 389 g/mol. The molecule has 144 valence electrons. The molecular weight excluding hydrogens is 366 g/mol. The number of fused-ring (bicyclic) bond motifs is 1. The number of likely N-dealkylation sites (tertiary alicyclic amines) is 1. The van der Waals surface area contributed by atoms with Crippen molar-refractivity contribution in [3.63, 3.8) is 0 Å². The summed E-state index contributed by atoms with van der Waals surface area (Å²) in [5.41, 5.74) is 0. The zero-order chi connectivity index (χ0) is 19.1. The van der Waals surface area contributed by atoms with E-state index in [1.165, 1.54) is 16.2 Å². The van der Waals surface area contributed by atoms with Gasteiger partial charge < -0.3 is 5.32 Å². The van der Waals surface area contributed by atoms with Gasteiger partial charge in [-0.1, -0.05) is 30.4 Å². The lowest BCUT2D eigenvalue weighted by molar-refractivity contribution is -0.142. The van der Waals surface area contributed by atoms with Crippen LogP contribution in [0, 0.1) is 23.7 Å². The SMILES string of the molecule is CCCc1nnc(NC(=O)NC(C)N2C(=O)C3C4C=CC(CC4)C3C2=O)s1.